The number of hydrogen-bond donors (Lipinski definition) is 2. The molecule has 5 heteroatoms. The first-order valence-electron chi connectivity index (χ1n) is 8.37. The van der Waals surface area contributed by atoms with Gasteiger partial charge in [0, 0.05) is 26.2 Å². The minimum Gasteiger partial charge on any atom is -0.356 e. The summed E-state index contributed by atoms with van der Waals surface area (Å²) in [6.07, 6.45) is 3.49. The molecule has 2 rings (SSSR count). The highest BCUT2D eigenvalue weighted by atomic mass is 127. The maximum atomic E-state index is 4.34. The predicted molar refractivity (Wildman–Crippen MR) is 110 cm³/mol. The van der Waals surface area contributed by atoms with Crippen molar-refractivity contribution in [2.45, 2.75) is 32.2 Å². The lowest BCUT2D eigenvalue weighted by Crippen LogP contribution is -2.44. The Bertz CT molecular complexity index is 463. The fourth-order valence-corrected chi connectivity index (χ4v) is 2.96. The summed E-state index contributed by atoms with van der Waals surface area (Å²) >= 11 is 0. The van der Waals surface area contributed by atoms with Gasteiger partial charge in [-0.05, 0) is 51.3 Å². The first-order chi connectivity index (χ1) is 10.7. The summed E-state index contributed by atoms with van der Waals surface area (Å²) in [6.45, 7) is 5.63. The standard InChI is InChI=1S/C18H30N4.HI/c1-15(9-10-16-7-5-4-6-8-16)21-18(19-2)20-13-17-11-12-22(3)14-17;/h4-8,15,17H,9-14H2,1-3H3,(H2,19,20,21);1H. The molecular formula is C18H31IN4. The normalized spacial score (nSPS) is 20.0. The number of aliphatic imine (C=N–C) groups is 1. The Labute approximate surface area is 158 Å². The average molecular weight is 430 g/mol. The van der Waals surface area contributed by atoms with Crippen LogP contribution >= 0.6 is 24.0 Å². The second-order valence-electron chi connectivity index (χ2n) is 6.44. The van der Waals surface area contributed by atoms with Crippen LogP contribution in [0.15, 0.2) is 35.3 Å². The molecule has 23 heavy (non-hydrogen) atoms. The Balaban J connectivity index is 0.00000264. The molecule has 0 radical (unpaired) electrons. The van der Waals surface area contributed by atoms with Crippen molar-refractivity contribution in [3.8, 4) is 0 Å². The summed E-state index contributed by atoms with van der Waals surface area (Å²) in [5.74, 6) is 1.67. The van der Waals surface area contributed by atoms with Gasteiger partial charge in [-0.3, -0.25) is 4.99 Å². The van der Waals surface area contributed by atoms with Crippen LogP contribution in [0.1, 0.15) is 25.3 Å². The van der Waals surface area contributed by atoms with Gasteiger partial charge < -0.3 is 15.5 Å². The molecule has 1 heterocycles. The molecule has 0 amide bonds. The fraction of sp³-hybridized carbons (Fsp3) is 0.611. The molecule has 1 aliphatic rings. The van der Waals surface area contributed by atoms with Gasteiger partial charge in [-0.1, -0.05) is 30.3 Å². The molecule has 1 aromatic rings. The predicted octanol–water partition coefficient (Wildman–Crippen LogP) is 2.74. The van der Waals surface area contributed by atoms with E-state index in [9.17, 15) is 0 Å². The van der Waals surface area contributed by atoms with Crippen molar-refractivity contribution in [3.05, 3.63) is 35.9 Å². The Morgan fingerprint density at radius 3 is 2.70 bits per heavy atom. The zero-order valence-corrected chi connectivity index (χ0v) is 16.9. The molecule has 0 aliphatic carbocycles. The van der Waals surface area contributed by atoms with E-state index in [4.69, 9.17) is 0 Å². The van der Waals surface area contributed by atoms with Gasteiger partial charge in [-0.25, -0.2) is 0 Å². The smallest absolute Gasteiger partial charge is 0.191 e. The van der Waals surface area contributed by atoms with Gasteiger partial charge in [0.2, 0.25) is 0 Å². The lowest BCUT2D eigenvalue weighted by atomic mass is 10.1. The van der Waals surface area contributed by atoms with Gasteiger partial charge in [0.15, 0.2) is 5.96 Å². The van der Waals surface area contributed by atoms with E-state index in [0.29, 0.717) is 6.04 Å². The largest absolute Gasteiger partial charge is 0.356 e. The van der Waals surface area contributed by atoms with E-state index in [1.54, 1.807) is 0 Å². The third-order valence-electron chi connectivity index (χ3n) is 4.36. The van der Waals surface area contributed by atoms with E-state index in [2.05, 4.69) is 64.8 Å². The summed E-state index contributed by atoms with van der Waals surface area (Å²) in [5, 5.41) is 6.97. The highest BCUT2D eigenvalue weighted by molar-refractivity contribution is 14.0. The average Bonchev–Trinajstić information content (AvgIpc) is 2.96. The van der Waals surface area contributed by atoms with Gasteiger partial charge in [-0.2, -0.15) is 0 Å². The Morgan fingerprint density at radius 2 is 2.09 bits per heavy atom. The zero-order chi connectivity index (χ0) is 15.8. The van der Waals surface area contributed by atoms with Crippen LogP contribution < -0.4 is 10.6 Å². The maximum absolute atomic E-state index is 4.34. The van der Waals surface area contributed by atoms with Crippen LogP contribution in [0.2, 0.25) is 0 Å². The van der Waals surface area contributed by atoms with Gasteiger partial charge in [0.25, 0.3) is 0 Å². The van der Waals surface area contributed by atoms with Crippen molar-refractivity contribution in [2.75, 3.05) is 33.7 Å². The molecule has 4 nitrogen and oxygen atoms in total. The number of guanidine groups is 1. The van der Waals surface area contributed by atoms with Crippen LogP contribution in [0.25, 0.3) is 0 Å². The number of hydrogen-bond acceptors (Lipinski definition) is 2. The molecule has 0 aromatic heterocycles. The van der Waals surface area contributed by atoms with Crippen LogP contribution in [0.5, 0.6) is 0 Å². The van der Waals surface area contributed by atoms with Gasteiger partial charge in [0.1, 0.15) is 0 Å². The topological polar surface area (TPSA) is 39.7 Å². The summed E-state index contributed by atoms with van der Waals surface area (Å²) in [7, 11) is 4.04. The second kappa shape index (κ2) is 10.9. The van der Waals surface area contributed by atoms with Crippen molar-refractivity contribution in [2.24, 2.45) is 10.9 Å². The molecule has 1 fully saturated rings. The van der Waals surface area contributed by atoms with E-state index < -0.39 is 0 Å². The quantitative estimate of drug-likeness (QED) is 0.414. The highest BCUT2D eigenvalue weighted by Gasteiger charge is 2.19. The van der Waals surface area contributed by atoms with Crippen LogP contribution in [-0.2, 0) is 6.42 Å². The van der Waals surface area contributed by atoms with Gasteiger partial charge in [-0.15, -0.1) is 24.0 Å². The number of nitrogens with one attached hydrogen (secondary N) is 2. The number of aryl methyl sites for hydroxylation is 1. The number of nitrogens with zero attached hydrogens (tertiary/aromatic N) is 2. The van der Waals surface area contributed by atoms with E-state index in [1.807, 2.05) is 7.05 Å². The lowest BCUT2D eigenvalue weighted by molar-refractivity contribution is 0.393. The Kier molecular flexibility index (Phi) is 9.55. The van der Waals surface area contributed by atoms with Crippen molar-refractivity contribution in [3.63, 3.8) is 0 Å². The zero-order valence-electron chi connectivity index (χ0n) is 14.6. The maximum Gasteiger partial charge on any atom is 0.191 e. The van der Waals surface area contributed by atoms with Crippen LogP contribution in [0, 0.1) is 5.92 Å². The molecule has 2 unspecified atom stereocenters. The number of halogens is 1. The Hall–Kier alpha value is -0.820. The van der Waals surface area contributed by atoms with E-state index >= 15 is 0 Å². The molecule has 1 aromatic carbocycles. The monoisotopic (exact) mass is 430 g/mol. The Morgan fingerprint density at radius 1 is 1.35 bits per heavy atom. The minimum atomic E-state index is 0. The molecule has 0 spiro atoms. The molecular weight excluding hydrogens is 399 g/mol. The molecule has 1 aliphatic heterocycles. The van der Waals surface area contributed by atoms with Crippen molar-refractivity contribution in [1.29, 1.82) is 0 Å². The van der Waals surface area contributed by atoms with Crippen LogP contribution in [0.4, 0.5) is 0 Å². The summed E-state index contributed by atoms with van der Waals surface area (Å²) in [4.78, 5) is 6.74. The van der Waals surface area contributed by atoms with Crippen molar-refractivity contribution >= 4 is 29.9 Å². The number of benzene rings is 1. The fourth-order valence-electron chi connectivity index (χ4n) is 2.96. The van der Waals surface area contributed by atoms with E-state index in [-0.39, 0.29) is 24.0 Å². The highest BCUT2D eigenvalue weighted by Crippen LogP contribution is 2.12. The number of likely N-dealkylation sites (tertiary alicyclic amines) is 1. The van der Waals surface area contributed by atoms with Gasteiger partial charge >= 0.3 is 0 Å². The summed E-state index contributed by atoms with van der Waals surface area (Å²) in [6, 6.07) is 11.1. The molecule has 0 bridgehead atoms. The lowest BCUT2D eigenvalue weighted by Gasteiger charge is -2.19. The summed E-state index contributed by atoms with van der Waals surface area (Å²) in [5.41, 5.74) is 1.40. The SMILES string of the molecule is CN=C(NCC1CCN(C)C1)NC(C)CCc1ccccc1.I. The molecule has 2 atom stereocenters. The number of rotatable bonds is 6. The molecule has 130 valence electrons. The minimum absolute atomic E-state index is 0. The summed E-state index contributed by atoms with van der Waals surface area (Å²) < 4.78 is 0. The van der Waals surface area contributed by atoms with Crippen LogP contribution in [0.3, 0.4) is 0 Å². The van der Waals surface area contributed by atoms with Crippen LogP contribution in [-0.4, -0.2) is 50.6 Å². The third kappa shape index (κ3) is 7.52. The molecule has 1 saturated heterocycles. The first kappa shape index (κ1) is 20.2. The van der Waals surface area contributed by atoms with E-state index in [0.717, 1.165) is 31.3 Å². The van der Waals surface area contributed by atoms with Crippen molar-refractivity contribution in [1.82, 2.24) is 15.5 Å². The molecule has 2 N–H and O–H groups in total. The third-order valence-corrected chi connectivity index (χ3v) is 4.36. The molecule has 0 saturated carbocycles. The van der Waals surface area contributed by atoms with E-state index in [1.165, 1.54) is 25.1 Å². The first-order valence-corrected chi connectivity index (χ1v) is 8.37. The van der Waals surface area contributed by atoms with Gasteiger partial charge in [0.05, 0.1) is 0 Å². The van der Waals surface area contributed by atoms with Crippen molar-refractivity contribution < 1.29 is 0 Å². The second-order valence-corrected chi connectivity index (χ2v) is 6.44.